The fraction of sp³-hybridized carbons (Fsp3) is 0.667. The van der Waals surface area contributed by atoms with Gasteiger partial charge in [-0.3, -0.25) is 4.79 Å². The van der Waals surface area contributed by atoms with Gasteiger partial charge in [0.25, 0.3) is 0 Å². The van der Waals surface area contributed by atoms with Gasteiger partial charge in [-0.1, -0.05) is 0 Å². The van der Waals surface area contributed by atoms with Crippen LogP contribution in [0.3, 0.4) is 0 Å². The van der Waals surface area contributed by atoms with Gasteiger partial charge in [-0.2, -0.15) is 0 Å². The summed E-state index contributed by atoms with van der Waals surface area (Å²) in [5.74, 6) is -4.30. The van der Waals surface area contributed by atoms with Crippen LogP contribution in [0.1, 0.15) is 6.92 Å². The SMILES string of the molecule is CC(=O)C(=O)OC(=O)[C@H](O)[C@@H](O)[C@H](O)[C@H](O)CO.[NaH]. The summed E-state index contributed by atoms with van der Waals surface area (Å²) in [5.41, 5.74) is 0. The summed E-state index contributed by atoms with van der Waals surface area (Å²) >= 11 is 0. The van der Waals surface area contributed by atoms with Gasteiger partial charge in [0.2, 0.25) is 5.78 Å². The molecule has 0 rings (SSSR count). The first-order valence-electron chi connectivity index (χ1n) is 4.82. The van der Waals surface area contributed by atoms with Crippen molar-refractivity contribution >= 4 is 47.3 Å². The second kappa shape index (κ2) is 9.50. The molecule has 0 aromatic carbocycles. The fourth-order valence-corrected chi connectivity index (χ4v) is 0.885. The van der Waals surface area contributed by atoms with E-state index in [-0.39, 0.29) is 29.6 Å². The zero-order valence-corrected chi connectivity index (χ0v) is 9.39. The molecule has 0 aliphatic heterocycles. The van der Waals surface area contributed by atoms with Crippen LogP contribution < -0.4 is 0 Å². The Morgan fingerprint density at radius 3 is 1.89 bits per heavy atom. The van der Waals surface area contributed by atoms with Gasteiger partial charge in [-0.25, -0.2) is 9.59 Å². The third-order valence-corrected chi connectivity index (χ3v) is 1.98. The van der Waals surface area contributed by atoms with Crippen LogP contribution in [0.2, 0.25) is 0 Å². The van der Waals surface area contributed by atoms with Gasteiger partial charge in [-0.05, 0) is 0 Å². The molecular weight excluding hydrogens is 275 g/mol. The fourth-order valence-electron chi connectivity index (χ4n) is 0.885. The van der Waals surface area contributed by atoms with E-state index in [0.29, 0.717) is 0 Å². The molecule has 0 saturated heterocycles. The van der Waals surface area contributed by atoms with E-state index in [1.165, 1.54) is 0 Å². The van der Waals surface area contributed by atoms with Crippen molar-refractivity contribution in [1.29, 1.82) is 0 Å². The number of carbonyl (C=O) groups is 3. The number of Topliss-reactive ketones (excluding diaryl/α,β-unsaturated/α-hetero) is 1. The zero-order chi connectivity index (χ0) is 14.5. The van der Waals surface area contributed by atoms with E-state index in [1.54, 1.807) is 0 Å². The molecule has 0 unspecified atom stereocenters. The number of ketones is 1. The van der Waals surface area contributed by atoms with Crippen LogP contribution >= 0.6 is 0 Å². The Morgan fingerprint density at radius 1 is 1.05 bits per heavy atom. The molecule has 4 atom stereocenters. The van der Waals surface area contributed by atoms with Crippen molar-refractivity contribution in [3.05, 3.63) is 0 Å². The summed E-state index contributed by atoms with van der Waals surface area (Å²) in [7, 11) is 0. The molecule has 5 N–H and O–H groups in total. The first kappa shape index (κ1) is 20.9. The number of carbonyl (C=O) groups excluding carboxylic acids is 3. The van der Waals surface area contributed by atoms with Crippen molar-refractivity contribution in [2.45, 2.75) is 31.3 Å². The zero-order valence-electron chi connectivity index (χ0n) is 9.39. The minimum atomic E-state index is -2.36. The number of rotatable bonds is 6. The van der Waals surface area contributed by atoms with Crippen molar-refractivity contribution in [2.24, 2.45) is 0 Å². The predicted octanol–water partition coefficient (Wildman–Crippen LogP) is -4.57. The number of aliphatic hydroxyl groups excluding tert-OH is 5. The van der Waals surface area contributed by atoms with Crippen LogP contribution in [-0.2, 0) is 19.1 Å². The Bertz CT molecular complexity index is 332. The number of esters is 2. The second-order valence-corrected chi connectivity index (χ2v) is 3.44. The maximum atomic E-state index is 11.1. The molecule has 0 aromatic heterocycles. The van der Waals surface area contributed by atoms with Gasteiger partial charge in [0.1, 0.15) is 18.3 Å². The van der Waals surface area contributed by atoms with Crippen LogP contribution in [0.5, 0.6) is 0 Å². The third-order valence-electron chi connectivity index (χ3n) is 1.98. The normalized spacial score (nSPS) is 16.5. The van der Waals surface area contributed by atoms with E-state index in [1.807, 2.05) is 0 Å². The minimum absolute atomic E-state index is 0. The topological polar surface area (TPSA) is 162 Å². The van der Waals surface area contributed by atoms with Crippen molar-refractivity contribution in [3.63, 3.8) is 0 Å². The van der Waals surface area contributed by atoms with Crippen LogP contribution in [0.4, 0.5) is 0 Å². The molecule has 106 valence electrons. The van der Waals surface area contributed by atoms with Crippen LogP contribution in [-0.4, -0.2) is 104 Å². The molecule has 0 aromatic rings. The standard InChI is InChI=1S/C9H14O9.Na.H/c1-3(11)8(16)18-9(17)7(15)6(14)5(13)4(12)2-10;;/h4-7,10,12-15H,2H2,1H3;;/t4-,5-,6+,7-;;/m1../s1. The molecule has 0 radical (unpaired) electrons. The Labute approximate surface area is 130 Å². The summed E-state index contributed by atoms with van der Waals surface area (Å²) in [4.78, 5) is 32.2. The monoisotopic (exact) mass is 290 g/mol. The summed E-state index contributed by atoms with van der Waals surface area (Å²) in [6, 6.07) is 0. The van der Waals surface area contributed by atoms with Crippen molar-refractivity contribution in [2.75, 3.05) is 6.61 Å². The molecule has 10 heteroatoms. The summed E-state index contributed by atoms with van der Waals surface area (Å²) in [6.45, 7) is -0.102. The second-order valence-electron chi connectivity index (χ2n) is 3.44. The number of ether oxygens (including phenoxy) is 1. The summed E-state index contributed by atoms with van der Waals surface area (Å²) in [6.07, 6.45) is -8.39. The van der Waals surface area contributed by atoms with Crippen LogP contribution in [0.25, 0.3) is 0 Å². The van der Waals surface area contributed by atoms with Crippen molar-refractivity contribution < 1.29 is 44.7 Å². The van der Waals surface area contributed by atoms with E-state index >= 15 is 0 Å². The van der Waals surface area contributed by atoms with Crippen molar-refractivity contribution in [1.82, 2.24) is 0 Å². The first-order chi connectivity index (χ1) is 8.22. The van der Waals surface area contributed by atoms with Gasteiger partial charge in [0, 0.05) is 6.92 Å². The van der Waals surface area contributed by atoms with E-state index in [4.69, 9.17) is 15.3 Å². The summed E-state index contributed by atoms with van der Waals surface area (Å²) < 4.78 is 3.87. The van der Waals surface area contributed by atoms with Crippen LogP contribution in [0.15, 0.2) is 0 Å². The average molecular weight is 290 g/mol. The van der Waals surface area contributed by atoms with Gasteiger partial charge in [0.05, 0.1) is 6.61 Å². The molecule has 0 saturated carbocycles. The maximum absolute atomic E-state index is 11.1. The molecule has 0 fully saturated rings. The average Bonchev–Trinajstić information content (AvgIpc) is 2.34. The molecule has 0 heterocycles. The molecule has 0 aliphatic rings. The number of hydrogen-bond donors (Lipinski definition) is 5. The van der Waals surface area contributed by atoms with Gasteiger partial charge in [0.15, 0.2) is 6.10 Å². The van der Waals surface area contributed by atoms with E-state index in [2.05, 4.69) is 4.74 Å². The number of aliphatic hydroxyl groups is 5. The Hall–Kier alpha value is -0.390. The van der Waals surface area contributed by atoms with Crippen LogP contribution in [0, 0.1) is 0 Å². The molecule has 0 amide bonds. The predicted molar refractivity (Wildman–Crippen MR) is 60.0 cm³/mol. The van der Waals surface area contributed by atoms with Gasteiger partial charge < -0.3 is 30.3 Å². The quantitative estimate of drug-likeness (QED) is 0.140. The molecular formula is C9H15NaO9. The Kier molecular flexibility index (Phi) is 10.5. The van der Waals surface area contributed by atoms with Crippen molar-refractivity contribution in [3.8, 4) is 0 Å². The molecule has 0 aliphatic carbocycles. The molecule has 0 bridgehead atoms. The van der Waals surface area contributed by atoms with E-state index in [0.717, 1.165) is 6.92 Å². The third kappa shape index (κ3) is 6.54. The number of hydrogen-bond acceptors (Lipinski definition) is 9. The molecule has 19 heavy (non-hydrogen) atoms. The Balaban J connectivity index is 0. The first-order valence-corrected chi connectivity index (χ1v) is 4.82. The van der Waals surface area contributed by atoms with Gasteiger partial charge in [-0.15, -0.1) is 0 Å². The van der Waals surface area contributed by atoms with E-state index in [9.17, 15) is 24.6 Å². The summed E-state index contributed by atoms with van der Waals surface area (Å²) in [5, 5.41) is 45.0. The molecule has 9 nitrogen and oxygen atoms in total. The van der Waals surface area contributed by atoms with Gasteiger partial charge >= 0.3 is 41.5 Å². The molecule has 0 spiro atoms. The van der Waals surface area contributed by atoms with E-state index < -0.39 is 48.7 Å². The Morgan fingerprint density at radius 2 is 1.53 bits per heavy atom.